The van der Waals surface area contributed by atoms with Crippen LogP contribution in [0, 0.1) is 24.4 Å². The quantitative estimate of drug-likeness (QED) is 0.579. The van der Waals surface area contributed by atoms with Gasteiger partial charge in [-0.25, -0.2) is 18.7 Å². The van der Waals surface area contributed by atoms with Crippen molar-refractivity contribution in [1.29, 1.82) is 0 Å². The normalized spacial score (nSPS) is 9.67. The Kier molecular flexibility index (Phi) is 6.02. The molecule has 0 unspecified atom stereocenters. The van der Waals surface area contributed by atoms with Crippen LogP contribution in [0.1, 0.15) is 19.4 Å². The second-order valence-electron chi connectivity index (χ2n) is 3.99. The van der Waals surface area contributed by atoms with Gasteiger partial charge in [0.05, 0.1) is 11.4 Å². The van der Waals surface area contributed by atoms with Gasteiger partial charge in [0.2, 0.25) is 0 Å². The Morgan fingerprint density at radius 3 is 2.05 bits per heavy atom. The first-order valence-corrected chi connectivity index (χ1v) is 6.40. The van der Waals surface area contributed by atoms with Gasteiger partial charge in [0, 0.05) is 0 Å². The summed E-state index contributed by atoms with van der Waals surface area (Å²) in [6.45, 7) is 5.68. The lowest BCUT2D eigenvalue weighted by atomic mass is 10.2. The molecule has 0 aliphatic heterocycles. The van der Waals surface area contributed by atoms with Crippen molar-refractivity contribution >= 4 is 17.1 Å². The number of rotatable bonds is 3. The molecular weight excluding hydrogens is 284 g/mol. The van der Waals surface area contributed by atoms with E-state index in [0.29, 0.717) is 5.56 Å². The maximum absolute atomic E-state index is 13.6. The van der Waals surface area contributed by atoms with Crippen molar-refractivity contribution in [3.8, 4) is 0 Å². The van der Waals surface area contributed by atoms with Gasteiger partial charge in [-0.2, -0.15) is 0 Å². The highest BCUT2D eigenvalue weighted by Crippen LogP contribution is 2.31. The number of aryl methyl sites for hydroxylation is 1. The van der Waals surface area contributed by atoms with Gasteiger partial charge in [-0.05, 0) is 36.8 Å². The molecule has 0 aliphatic rings. The lowest BCUT2D eigenvalue weighted by Gasteiger charge is -2.12. The molecule has 2 nitrogen and oxygen atoms in total. The first-order chi connectivity index (χ1) is 10.0. The zero-order chi connectivity index (χ0) is 16.0. The van der Waals surface area contributed by atoms with E-state index in [0.717, 1.165) is 12.1 Å². The van der Waals surface area contributed by atoms with Gasteiger partial charge >= 0.3 is 0 Å². The summed E-state index contributed by atoms with van der Waals surface area (Å²) in [5.74, 6) is -3.09. The zero-order valence-electron chi connectivity index (χ0n) is 11.9. The van der Waals surface area contributed by atoms with Gasteiger partial charge in [0.1, 0.15) is 11.5 Å². The average Bonchev–Trinajstić information content (AvgIpc) is 2.48. The molecular formula is C15H16F4N2. The molecule has 6 heteroatoms. The predicted molar refractivity (Wildman–Crippen MR) is 76.9 cm³/mol. The number of hydrogen-bond acceptors (Lipinski definition) is 2. The van der Waals surface area contributed by atoms with E-state index in [-0.39, 0.29) is 11.4 Å². The van der Waals surface area contributed by atoms with E-state index >= 15 is 0 Å². The van der Waals surface area contributed by atoms with Gasteiger partial charge in [-0.3, -0.25) is 0 Å². The Morgan fingerprint density at radius 1 is 0.857 bits per heavy atom. The predicted octanol–water partition coefficient (Wildman–Crippen LogP) is 5.48. The fourth-order valence-electron chi connectivity index (χ4n) is 1.61. The van der Waals surface area contributed by atoms with Crippen LogP contribution >= 0.6 is 0 Å². The number of hydrogen-bond donors (Lipinski definition) is 2. The minimum Gasteiger partial charge on any atom is -0.349 e. The number of benzene rings is 2. The van der Waals surface area contributed by atoms with Gasteiger partial charge in [0.15, 0.2) is 11.6 Å². The highest BCUT2D eigenvalue weighted by molar-refractivity contribution is 5.74. The molecule has 0 saturated carbocycles. The minimum absolute atomic E-state index is 0.0772. The molecule has 2 aromatic carbocycles. The molecule has 0 saturated heterocycles. The topological polar surface area (TPSA) is 24.1 Å². The van der Waals surface area contributed by atoms with E-state index < -0.39 is 23.1 Å². The smallest absolute Gasteiger partial charge is 0.184 e. The lowest BCUT2D eigenvalue weighted by molar-refractivity contribution is 0.510. The summed E-state index contributed by atoms with van der Waals surface area (Å²) in [5.41, 5.74) is 1.00. The van der Waals surface area contributed by atoms with E-state index in [2.05, 4.69) is 5.32 Å². The molecule has 0 bridgehead atoms. The molecule has 2 rings (SSSR count). The SMILES string of the molecule is CC.Cc1ccc(Nc2c(NF)ccc(F)c2F)c(F)c1. The van der Waals surface area contributed by atoms with Crippen LogP contribution in [0.25, 0.3) is 0 Å². The fraction of sp³-hybridized carbons (Fsp3) is 0.200. The summed E-state index contributed by atoms with van der Waals surface area (Å²) < 4.78 is 52.8. The van der Waals surface area contributed by atoms with Crippen LogP contribution in [0.5, 0.6) is 0 Å². The summed E-state index contributed by atoms with van der Waals surface area (Å²) >= 11 is 0. The van der Waals surface area contributed by atoms with E-state index in [1.807, 2.05) is 13.8 Å². The van der Waals surface area contributed by atoms with Crippen molar-refractivity contribution in [2.24, 2.45) is 0 Å². The Balaban J connectivity index is 0.00000106. The number of halogens is 4. The Morgan fingerprint density at radius 2 is 1.48 bits per heavy atom. The van der Waals surface area contributed by atoms with Crippen LogP contribution in [0.15, 0.2) is 30.3 Å². The molecule has 2 N–H and O–H groups in total. The van der Waals surface area contributed by atoms with Crippen molar-refractivity contribution in [2.45, 2.75) is 20.8 Å². The van der Waals surface area contributed by atoms with Crippen LogP contribution in [0.2, 0.25) is 0 Å². The fourth-order valence-corrected chi connectivity index (χ4v) is 1.61. The third kappa shape index (κ3) is 3.87. The molecule has 0 heterocycles. The monoisotopic (exact) mass is 300 g/mol. The Bertz CT molecular complexity index is 615. The summed E-state index contributed by atoms with van der Waals surface area (Å²) in [6.07, 6.45) is 0. The molecule has 0 atom stereocenters. The van der Waals surface area contributed by atoms with Gasteiger partial charge in [-0.15, -0.1) is 4.48 Å². The second kappa shape index (κ2) is 7.52. The number of nitrogens with one attached hydrogen (secondary N) is 2. The molecule has 21 heavy (non-hydrogen) atoms. The van der Waals surface area contributed by atoms with E-state index in [1.54, 1.807) is 13.0 Å². The van der Waals surface area contributed by atoms with Crippen LogP contribution in [-0.2, 0) is 0 Å². The Labute approximate surface area is 120 Å². The van der Waals surface area contributed by atoms with Crippen LogP contribution in [-0.4, -0.2) is 0 Å². The van der Waals surface area contributed by atoms with Gasteiger partial charge < -0.3 is 5.32 Å². The highest BCUT2D eigenvalue weighted by Gasteiger charge is 2.15. The van der Waals surface area contributed by atoms with Crippen molar-refractivity contribution in [3.63, 3.8) is 0 Å². The zero-order valence-corrected chi connectivity index (χ0v) is 11.9. The summed E-state index contributed by atoms with van der Waals surface area (Å²) in [7, 11) is 0. The van der Waals surface area contributed by atoms with Crippen LogP contribution in [0.3, 0.4) is 0 Å². The van der Waals surface area contributed by atoms with Crippen LogP contribution < -0.4 is 10.9 Å². The maximum Gasteiger partial charge on any atom is 0.184 e. The van der Waals surface area contributed by atoms with Crippen molar-refractivity contribution in [2.75, 3.05) is 10.9 Å². The summed E-state index contributed by atoms with van der Waals surface area (Å²) in [4.78, 5) is 0. The third-order valence-electron chi connectivity index (χ3n) is 2.58. The van der Waals surface area contributed by atoms with Gasteiger partial charge in [-0.1, -0.05) is 19.9 Å². The number of anilines is 3. The Hall–Kier alpha value is -2.24. The van der Waals surface area contributed by atoms with E-state index in [4.69, 9.17) is 0 Å². The first-order valence-electron chi connectivity index (χ1n) is 6.40. The van der Waals surface area contributed by atoms with E-state index in [9.17, 15) is 17.7 Å². The molecule has 0 aromatic heterocycles. The van der Waals surface area contributed by atoms with Crippen molar-refractivity contribution in [1.82, 2.24) is 0 Å². The largest absolute Gasteiger partial charge is 0.349 e. The standard InChI is InChI=1S/C13H10F4N2.C2H6/c1-7-2-4-10(9(15)6-7)18-13-11(19-17)5-3-8(14)12(13)16;1-2/h2-6,18-19H,1H3;1-2H3. The molecule has 2 aromatic rings. The van der Waals surface area contributed by atoms with Crippen molar-refractivity contribution in [3.05, 3.63) is 53.3 Å². The third-order valence-corrected chi connectivity index (χ3v) is 2.58. The molecule has 0 aliphatic carbocycles. The molecule has 0 amide bonds. The first kappa shape index (κ1) is 16.8. The molecule has 0 fully saturated rings. The van der Waals surface area contributed by atoms with E-state index in [1.165, 1.54) is 17.7 Å². The lowest BCUT2D eigenvalue weighted by Crippen LogP contribution is -2.02. The average molecular weight is 300 g/mol. The molecule has 0 spiro atoms. The summed E-state index contributed by atoms with van der Waals surface area (Å²) in [6, 6.07) is 5.95. The second-order valence-corrected chi connectivity index (χ2v) is 3.99. The molecule has 0 radical (unpaired) electrons. The van der Waals surface area contributed by atoms with Gasteiger partial charge in [0.25, 0.3) is 0 Å². The van der Waals surface area contributed by atoms with Crippen LogP contribution in [0.4, 0.5) is 34.7 Å². The molecule has 114 valence electrons. The van der Waals surface area contributed by atoms with Crippen molar-refractivity contribution < 1.29 is 17.7 Å². The minimum atomic E-state index is -1.29. The maximum atomic E-state index is 13.6. The summed E-state index contributed by atoms with van der Waals surface area (Å²) in [5, 5.41) is 2.34. The highest BCUT2D eigenvalue weighted by atomic mass is 19.2.